The summed E-state index contributed by atoms with van der Waals surface area (Å²) in [6.45, 7) is 10.8. The molecule has 0 amide bonds. The Bertz CT molecular complexity index is 832. The number of carboxylic acids is 1. The van der Waals surface area contributed by atoms with Crippen molar-refractivity contribution in [1.29, 1.82) is 0 Å². The van der Waals surface area contributed by atoms with Gasteiger partial charge < -0.3 is 10.0 Å². The Hall–Kier alpha value is -2.50. The number of ketones is 1. The Kier molecular flexibility index (Phi) is 4.25. The van der Waals surface area contributed by atoms with Gasteiger partial charge in [-0.15, -0.1) is 0 Å². The first-order chi connectivity index (χ1) is 12.1. The first-order valence-corrected chi connectivity index (χ1v) is 8.89. The van der Waals surface area contributed by atoms with Crippen molar-refractivity contribution in [2.24, 2.45) is 15.8 Å². The lowest BCUT2D eigenvalue weighted by atomic mass is 9.65. The summed E-state index contributed by atoms with van der Waals surface area (Å²) >= 11 is 0. The second-order valence-electron chi connectivity index (χ2n) is 8.10. The molecule has 0 unspecified atom stereocenters. The Morgan fingerprint density at radius 1 is 1.27 bits per heavy atom. The molecule has 6 heteroatoms. The maximum absolute atomic E-state index is 12.6. The van der Waals surface area contributed by atoms with Crippen molar-refractivity contribution >= 4 is 23.4 Å². The quantitative estimate of drug-likeness (QED) is 0.894. The summed E-state index contributed by atoms with van der Waals surface area (Å²) in [6, 6.07) is 3.25. The Labute approximate surface area is 153 Å². The minimum Gasteiger partial charge on any atom is -0.478 e. The largest absolute Gasteiger partial charge is 0.478 e. The van der Waals surface area contributed by atoms with Crippen molar-refractivity contribution in [2.75, 3.05) is 11.4 Å². The van der Waals surface area contributed by atoms with Gasteiger partial charge in [0.2, 0.25) is 0 Å². The molecule has 26 heavy (non-hydrogen) atoms. The van der Waals surface area contributed by atoms with Gasteiger partial charge in [-0.3, -0.25) is 4.79 Å². The average Bonchev–Trinajstić information content (AvgIpc) is 3.02. The predicted molar refractivity (Wildman–Crippen MR) is 100 cm³/mol. The number of hydrogen-bond donors (Lipinski definition) is 1. The number of allylic oxidation sites excluding steroid dienone is 1. The summed E-state index contributed by atoms with van der Waals surface area (Å²) in [5.74, 6) is 0.754. The second-order valence-corrected chi connectivity index (χ2v) is 8.10. The zero-order chi connectivity index (χ0) is 19.3. The van der Waals surface area contributed by atoms with Gasteiger partial charge in [0.05, 0.1) is 16.7 Å². The number of Topliss-reactive ketones (excluding diaryl/α,β-unsaturated/α-hetero) is 1. The van der Waals surface area contributed by atoms with Crippen molar-refractivity contribution in [3.8, 4) is 0 Å². The molecule has 0 fully saturated rings. The van der Waals surface area contributed by atoms with Crippen molar-refractivity contribution in [3.05, 3.63) is 35.2 Å². The molecular weight excluding hydrogens is 330 g/mol. The number of rotatable bonds is 3. The number of nitrogens with zero attached hydrogens (tertiary/aromatic N) is 3. The van der Waals surface area contributed by atoms with Crippen LogP contribution in [0.5, 0.6) is 0 Å². The van der Waals surface area contributed by atoms with E-state index in [-0.39, 0.29) is 16.8 Å². The van der Waals surface area contributed by atoms with Gasteiger partial charge in [-0.25, -0.2) is 14.8 Å². The molecule has 0 radical (unpaired) electrons. The number of aromatic nitrogens is 1. The molecule has 0 spiro atoms. The van der Waals surface area contributed by atoms with E-state index in [1.165, 1.54) is 11.8 Å². The molecule has 0 saturated carbocycles. The molecule has 0 bridgehead atoms. The molecule has 2 aliphatic rings. The number of carbonyl (C=O) groups excluding carboxylic acids is 1. The molecule has 1 aliphatic carbocycles. The highest BCUT2D eigenvalue weighted by Crippen LogP contribution is 2.51. The average molecular weight is 355 g/mol. The molecule has 3 rings (SSSR count). The van der Waals surface area contributed by atoms with Gasteiger partial charge in [-0.05, 0) is 43.9 Å². The van der Waals surface area contributed by atoms with E-state index in [4.69, 9.17) is 10.1 Å². The monoisotopic (exact) mass is 355 g/mol. The fourth-order valence-electron chi connectivity index (χ4n) is 3.72. The van der Waals surface area contributed by atoms with Gasteiger partial charge in [0, 0.05) is 25.6 Å². The van der Waals surface area contributed by atoms with E-state index in [0.29, 0.717) is 25.2 Å². The minimum atomic E-state index is -0.996. The highest BCUT2D eigenvalue weighted by molar-refractivity contribution is 6.03. The van der Waals surface area contributed by atoms with Crippen LogP contribution in [0.4, 0.5) is 5.82 Å². The van der Waals surface area contributed by atoms with Crippen LogP contribution in [-0.2, 0) is 4.79 Å². The Balaban J connectivity index is 1.96. The van der Waals surface area contributed by atoms with Crippen LogP contribution >= 0.6 is 0 Å². The summed E-state index contributed by atoms with van der Waals surface area (Å²) in [4.78, 5) is 34.8. The standard InChI is InChI=1S/C20H25N3O3/c1-6-23(15-8-7-12(11-21-15)18(25)26)16-9-13-17(22-16)20(4,5)14(24)10-19(13,2)3/h7-8,11H,6,9-10H2,1-5H3,(H,25,26). The van der Waals surface area contributed by atoms with Crippen LogP contribution in [0.15, 0.2) is 34.6 Å². The molecule has 0 saturated heterocycles. The van der Waals surface area contributed by atoms with Crippen LogP contribution in [-0.4, -0.2) is 34.2 Å². The van der Waals surface area contributed by atoms with Gasteiger partial charge in [0.25, 0.3) is 0 Å². The van der Waals surface area contributed by atoms with Crippen LogP contribution in [0, 0.1) is 10.8 Å². The predicted octanol–water partition coefficient (Wildman–Crippen LogP) is 3.69. The zero-order valence-corrected chi connectivity index (χ0v) is 16.0. The minimum absolute atomic E-state index is 0.156. The second kappa shape index (κ2) is 6.04. The van der Waals surface area contributed by atoms with Crippen molar-refractivity contribution in [2.45, 2.75) is 47.5 Å². The lowest BCUT2D eigenvalue weighted by molar-refractivity contribution is -0.128. The van der Waals surface area contributed by atoms with E-state index in [1.54, 1.807) is 12.1 Å². The van der Waals surface area contributed by atoms with Gasteiger partial charge in [-0.1, -0.05) is 13.8 Å². The number of carbonyl (C=O) groups is 2. The lowest BCUT2D eigenvalue weighted by Crippen LogP contribution is -2.37. The summed E-state index contributed by atoms with van der Waals surface area (Å²) in [5, 5.41) is 9.05. The first-order valence-electron chi connectivity index (χ1n) is 8.89. The van der Waals surface area contributed by atoms with Gasteiger partial charge >= 0.3 is 5.97 Å². The number of aliphatic imine (C=N–C) groups is 1. The number of hydrogen-bond acceptors (Lipinski definition) is 5. The molecule has 1 N–H and O–H groups in total. The SMILES string of the molecule is CCN(C1=NC2=C(C1)C(C)(C)CC(=O)C2(C)C)c1ccc(C(=O)O)cn1. The Morgan fingerprint density at radius 2 is 1.96 bits per heavy atom. The number of aromatic carboxylic acids is 1. The van der Waals surface area contributed by atoms with Gasteiger partial charge in [-0.2, -0.15) is 0 Å². The van der Waals surface area contributed by atoms with Gasteiger partial charge in [0.15, 0.2) is 0 Å². The van der Waals surface area contributed by atoms with Crippen LogP contribution in [0.3, 0.4) is 0 Å². The fourth-order valence-corrected chi connectivity index (χ4v) is 3.72. The molecule has 0 aromatic carbocycles. The molecule has 0 atom stereocenters. The maximum atomic E-state index is 12.6. The first kappa shape index (κ1) is 18.3. The zero-order valence-electron chi connectivity index (χ0n) is 16.0. The smallest absolute Gasteiger partial charge is 0.337 e. The topological polar surface area (TPSA) is 82.9 Å². The summed E-state index contributed by atoms with van der Waals surface area (Å²) < 4.78 is 0. The third-order valence-electron chi connectivity index (χ3n) is 5.47. The van der Waals surface area contributed by atoms with E-state index >= 15 is 0 Å². The van der Waals surface area contributed by atoms with E-state index in [0.717, 1.165) is 11.5 Å². The molecular formula is C20H25N3O3. The van der Waals surface area contributed by atoms with E-state index in [9.17, 15) is 9.59 Å². The lowest BCUT2D eigenvalue weighted by Gasteiger charge is -2.38. The normalized spacial score (nSPS) is 20.7. The third-order valence-corrected chi connectivity index (χ3v) is 5.47. The molecule has 138 valence electrons. The van der Waals surface area contributed by atoms with Crippen LogP contribution in [0.25, 0.3) is 0 Å². The van der Waals surface area contributed by atoms with Crippen LogP contribution < -0.4 is 4.90 Å². The number of carboxylic acid groups (broad SMARTS) is 1. The third kappa shape index (κ3) is 2.83. The fraction of sp³-hybridized carbons (Fsp3) is 0.500. The van der Waals surface area contributed by atoms with E-state index < -0.39 is 11.4 Å². The summed E-state index contributed by atoms with van der Waals surface area (Å²) in [7, 11) is 0. The number of pyridine rings is 1. The number of anilines is 1. The van der Waals surface area contributed by atoms with Crippen molar-refractivity contribution < 1.29 is 14.7 Å². The highest BCUT2D eigenvalue weighted by atomic mass is 16.4. The number of amidine groups is 1. The molecule has 1 aliphatic heterocycles. The Morgan fingerprint density at radius 3 is 2.50 bits per heavy atom. The van der Waals surface area contributed by atoms with Crippen molar-refractivity contribution in [1.82, 2.24) is 4.98 Å². The molecule has 1 aromatic heterocycles. The molecule has 2 heterocycles. The molecule has 1 aromatic rings. The van der Waals surface area contributed by atoms with E-state index in [1.807, 2.05) is 25.7 Å². The van der Waals surface area contributed by atoms with E-state index in [2.05, 4.69) is 18.8 Å². The van der Waals surface area contributed by atoms with Crippen LogP contribution in [0.1, 0.15) is 57.8 Å². The highest BCUT2D eigenvalue weighted by Gasteiger charge is 2.48. The van der Waals surface area contributed by atoms with Crippen LogP contribution in [0.2, 0.25) is 0 Å². The maximum Gasteiger partial charge on any atom is 0.337 e. The van der Waals surface area contributed by atoms with Gasteiger partial charge in [0.1, 0.15) is 17.4 Å². The van der Waals surface area contributed by atoms with Crippen molar-refractivity contribution in [3.63, 3.8) is 0 Å². The summed E-state index contributed by atoms with van der Waals surface area (Å²) in [6.07, 6.45) is 2.58. The molecule has 6 nitrogen and oxygen atoms in total. The summed E-state index contributed by atoms with van der Waals surface area (Å²) in [5.41, 5.74) is 1.48.